The predicted molar refractivity (Wildman–Crippen MR) is 69.8 cm³/mol. The highest BCUT2D eigenvalue weighted by molar-refractivity contribution is 5.81. The van der Waals surface area contributed by atoms with Gasteiger partial charge in [-0.1, -0.05) is 38.1 Å². The van der Waals surface area contributed by atoms with E-state index in [2.05, 4.69) is 15.6 Å². The van der Waals surface area contributed by atoms with Gasteiger partial charge < -0.3 is 5.32 Å². The van der Waals surface area contributed by atoms with Crippen molar-refractivity contribution in [1.29, 1.82) is 0 Å². The lowest BCUT2D eigenvalue weighted by Crippen LogP contribution is -2.38. The number of aromatic nitrogens is 3. The minimum Gasteiger partial charge on any atom is -0.334 e. The van der Waals surface area contributed by atoms with Gasteiger partial charge in [-0.15, -0.1) is 5.10 Å². The Bertz CT molecular complexity index is 568. The van der Waals surface area contributed by atoms with Crippen molar-refractivity contribution in [3.05, 3.63) is 24.3 Å². The first-order valence-electron chi connectivity index (χ1n) is 6.00. The lowest BCUT2D eigenvalue weighted by Gasteiger charge is -2.22. The molecule has 96 valence electrons. The van der Waals surface area contributed by atoms with Crippen LogP contribution in [0.25, 0.3) is 11.0 Å². The monoisotopic (exact) mass is 246 g/mol. The Morgan fingerprint density at radius 1 is 1.33 bits per heavy atom. The summed E-state index contributed by atoms with van der Waals surface area (Å²) in [5.74, 6) is -0.00502. The second-order valence-electron chi connectivity index (χ2n) is 5.42. The van der Waals surface area contributed by atoms with Gasteiger partial charge in [0, 0.05) is 5.41 Å². The van der Waals surface area contributed by atoms with Crippen LogP contribution < -0.4 is 5.32 Å². The van der Waals surface area contributed by atoms with Gasteiger partial charge in [-0.3, -0.25) is 4.79 Å². The van der Waals surface area contributed by atoms with Gasteiger partial charge in [0.05, 0.1) is 5.52 Å². The van der Waals surface area contributed by atoms with E-state index >= 15 is 0 Å². The van der Waals surface area contributed by atoms with Gasteiger partial charge in [0.15, 0.2) is 0 Å². The Labute approximate surface area is 106 Å². The first-order valence-corrected chi connectivity index (χ1v) is 6.00. The molecule has 1 amide bonds. The number of amides is 1. The fourth-order valence-electron chi connectivity index (χ4n) is 1.64. The summed E-state index contributed by atoms with van der Waals surface area (Å²) in [5.41, 5.74) is 1.33. The van der Waals surface area contributed by atoms with Crippen molar-refractivity contribution in [2.75, 3.05) is 0 Å². The minimum atomic E-state index is -0.412. The Hall–Kier alpha value is -1.91. The van der Waals surface area contributed by atoms with E-state index in [1.165, 1.54) is 0 Å². The van der Waals surface area contributed by atoms with Crippen molar-refractivity contribution in [3.63, 3.8) is 0 Å². The number of fused-ring (bicyclic) bond motifs is 1. The van der Waals surface area contributed by atoms with Gasteiger partial charge in [0.25, 0.3) is 0 Å². The van der Waals surface area contributed by atoms with E-state index in [4.69, 9.17) is 0 Å². The number of nitrogens with one attached hydrogen (secondary N) is 1. The summed E-state index contributed by atoms with van der Waals surface area (Å²) in [4.78, 5) is 11.9. The van der Waals surface area contributed by atoms with E-state index in [9.17, 15) is 4.79 Å². The molecular weight excluding hydrogens is 228 g/mol. The number of hydrogen-bond acceptors (Lipinski definition) is 3. The molecule has 2 aromatic rings. The lowest BCUT2D eigenvalue weighted by atomic mass is 9.96. The summed E-state index contributed by atoms with van der Waals surface area (Å²) < 4.78 is 1.72. The SMILES string of the molecule is CC(NC(=O)C(C)(C)C)n1nnc2ccccc21. The maximum Gasteiger partial charge on any atom is 0.227 e. The number of para-hydroxylation sites is 1. The molecule has 1 heterocycles. The molecule has 0 aliphatic rings. The quantitative estimate of drug-likeness (QED) is 0.882. The number of carbonyl (C=O) groups is 1. The van der Waals surface area contributed by atoms with Gasteiger partial charge in [0.1, 0.15) is 11.7 Å². The average Bonchev–Trinajstić information content (AvgIpc) is 2.71. The number of benzene rings is 1. The van der Waals surface area contributed by atoms with Gasteiger partial charge in [-0.2, -0.15) is 0 Å². The van der Waals surface area contributed by atoms with Gasteiger partial charge in [-0.05, 0) is 19.1 Å². The van der Waals surface area contributed by atoms with Crippen LogP contribution in [0.5, 0.6) is 0 Å². The molecule has 0 radical (unpaired) electrons. The second kappa shape index (κ2) is 4.40. The first kappa shape index (κ1) is 12.5. The molecule has 1 aromatic heterocycles. The highest BCUT2D eigenvalue weighted by Gasteiger charge is 2.23. The summed E-state index contributed by atoms with van der Waals surface area (Å²) >= 11 is 0. The van der Waals surface area contributed by atoms with E-state index in [0.717, 1.165) is 11.0 Å². The molecule has 5 heteroatoms. The van der Waals surface area contributed by atoms with Crippen LogP contribution in [0.2, 0.25) is 0 Å². The Balaban J connectivity index is 2.24. The van der Waals surface area contributed by atoms with Crippen molar-refractivity contribution in [3.8, 4) is 0 Å². The first-order chi connectivity index (χ1) is 8.39. The van der Waals surface area contributed by atoms with Crippen LogP contribution in [0, 0.1) is 5.41 Å². The molecule has 1 unspecified atom stereocenters. The number of nitrogens with zero attached hydrogens (tertiary/aromatic N) is 3. The Kier molecular flexibility index (Phi) is 3.07. The molecule has 2 rings (SSSR count). The van der Waals surface area contributed by atoms with E-state index in [1.54, 1.807) is 4.68 Å². The Morgan fingerprint density at radius 3 is 2.67 bits per heavy atom. The van der Waals surface area contributed by atoms with Crippen LogP contribution >= 0.6 is 0 Å². The van der Waals surface area contributed by atoms with Gasteiger partial charge in [0.2, 0.25) is 5.91 Å². The zero-order valence-electron chi connectivity index (χ0n) is 11.1. The summed E-state index contributed by atoms with van der Waals surface area (Å²) in [6.45, 7) is 7.54. The molecule has 0 spiro atoms. The van der Waals surface area contributed by atoms with Crippen molar-refractivity contribution in [1.82, 2.24) is 20.3 Å². The third kappa shape index (κ3) is 2.34. The molecule has 5 nitrogen and oxygen atoms in total. The minimum absolute atomic E-state index is 0.00502. The van der Waals surface area contributed by atoms with Crippen LogP contribution in [0.15, 0.2) is 24.3 Å². The zero-order chi connectivity index (χ0) is 13.3. The molecule has 0 aliphatic carbocycles. The molecule has 0 aliphatic heterocycles. The maximum absolute atomic E-state index is 11.9. The van der Waals surface area contributed by atoms with Crippen molar-refractivity contribution in [2.45, 2.75) is 33.9 Å². The molecule has 1 aromatic carbocycles. The zero-order valence-corrected chi connectivity index (χ0v) is 11.1. The van der Waals surface area contributed by atoms with E-state index < -0.39 is 5.41 Å². The van der Waals surface area contributed by atoms with E-state index in [-0.39, 0.29) is 12.1 Å². The summed E-state index contributed by atoms with van der Waals surface area (Å²) in [5, 5.41) is 11.1. The van der Waals surface area contributed by atoms with Gasteiger partial charge >= 0.3 is 0 Å². The molecule has 0 saturated carbocycles. The normalized spacial score (nSPS) is 13.6. The summed E-state index contributed by atoms with van der Waals surface area (Å²) in [6, 6.07) is 7.69. The number of carbonyl (C=O) groups excluding carboxylic acids is 1. The van der Waals surface area contributed by atoms with Crippen LogP contribution in [0.3, 0.4) is 0 Å². The molecule has 18 heavy (non-hydrogen) atoms. The highest BCUT2D eigenvalue weighted by Crippen LogP contribution is 2.17. The molecular formula is C13H18N4O. The predicted octanol–water partition coefficient (Wildman–Crippen LogP) is 2.11. The maximum atomic E-state index is 11.9. The summed E-state index contributed by atoms with van der Waals surface area (Å²) in [7, 11) is 0. The fourth-order valence-corrected chi connectivity index (χ4v) is 1.64. The van der Waals surface area contributed by atoms with E-state index in [1.807, 2.05) is 52.0 Å². The van der Waals surface area contributed by atoms with Gasteiger partial charge in [-0.25, -0.2) is 4.68 Å². The fraction of sp³-hybridized carbons (Fsp3) is 0.462. The molecule has 1 N–H and O–H groups in total. The largest absolute Gasteiger partial charge is 0.334 e. The smallest absolute Gasteiger partial charge is 0.227 e. The van der Waals surface area contributed by atoms with E-state index in [0.29, 0.717) is 0 Å². The van der Waals surface area contributed by atoms with Crippen molar-refractivity contribution >= 4 is 16.9 Å². The molecule has 0 saturated heterocycles. The third-order valence-electron chi connectivity index (χ3n) is 2.77. The topological polar surface area (TPSA) is 59.8 Å². The summed E-state index contributed by atoms with van der Waals surface area (Å²) in [6.07, 6.45) is -0.218. The van der Waals surface area contributed by atoms with Crippen LogP contribution in [0.1, 0.15) is 33.9 Å². The molecule has 0 fully saturated rings. The Morgan fingerprint density at radius 2 is 2.00 bits per heavy atom. The van der Waals surface area contributed by atoms with Crippen LogP contribution in [0.4, 0.5) is 0 Å². The average molecular weight is 246 g/mol. The van der Waals surface area contributed by atoms with Crippen LogP contribution in [-0.4, -0.2) is 20.9 Å². The molecule has 1 atom stereocenters. The van der Waals surface area contributed by atoms with Crippen molar-refractivity contribution in [2.24, 2.45) is 5.41 Å². The highest BCUT2D eigenvalue weighted by atomic mass is 16.2. The van der Waals surface area contributed by atoms with Crippen LogP contribution in [-0.2, 0) is 4.79 Å². The molecule has 0 bridgehead atoms. The lowest BCUT2D eigenvalue weighted by molar-refractivity contribution is -0.129. The standard InChI is InChI=1S/C13H18N4O/c1-9(14-12(18)13(2,3)4)17-11-8-6-5-7-10(11)15-16-17/h5-9H,1-4H3,(H,14,18). The second-order valence-corrected chi connectivity index (χ2v) is 5.42. The van der Waals surface area contributed by atoms with Crippen molar-refractivity contribution < 1.29 is 4.79 Å². The number of rotatable bonds is 2. The third-order valence-corrected chi connectivity index (χ3v) is 2.77. The number of hydrogen-bond donors (Lipinski definition) is 1.